The maximum absolute atomic E-state index is 10.5. The number of amides is 2. The number of carbonyl (C=O) groups is 2. The molecule has 0 aromatic rings. The summed E-state index contributed by atoms with van der Waals surface area (Å²) in [5.74, 6) is -0.570. The minimum Gasteiger partial charge on any atom is -0.396 e. The van der Waals surface area contributed by atoms with Gasteiger partial charge in [0.25, 0.3) is 0 Å². The molecule has 6 nitrogen and oxygen atoms in total. The van der Waals surface area contributed by atoms with Gasteiger partial charge in [0.2, 0.25) is 11.8 Å². The smallest absolute Gasteiger partial charge is 0.217 e. The third-order valence-corrected chi connectivity index (χ3v) is 5.12. The van der Waals surface area contributed by atoms with E-state index in [1.54, 1.807) is 0 Å². The van der Waals surface area contributed by atoms with Gasteiger partial charge in [0, 0.05) is 19.4 Å². The Balaban J connectivity index is 0. The number of aliphatic hydroxyl groups excluding tert-OH is 1. The summed E-state index contributed by atoms with van der Waals surface area (Å²) in [6, 6.07) is 0. The molecule has 0 fully saturated rings. The zero-order chi connectivity index (χ0) is 19.2. The van der Waals surface area contributed by atoms with E-state index in [0.717, 1.165) is 25.7 Å². The number of carbonyl (C=O) groups excluding carboxylic acids is 2. The van der Waals surface area contributed by atoms with Gasteiger partial charge in [0.15, 0.2) is 0 Å². The van der Waals surface area contributed by atoms with Crippen LogP contribution in [-0.4, -0.2) is 34.2 Å². The van der Waals surface area contributed by atoms with Crippen LogP contribution in [0.4, 0.5) is 0 Å². The molecule has 6 heteroatoms. The van der Waals surface area contributed by atoms with Crippen LogP contribution in [0.3, 0.4) is 0 Å². The SMILES string of the molecule is CCC(CC)(CO)CCC(N)=O.CCC(O)(CC)CCCC(N)=O. The molecule has 0 bridgehead atoms. The van der Waals surface area contributed by atoms with E-state index in [1.807, 2.05) is 27.7 Å². The minimum atomic E-state index is -0.588. The molecule has 144 valence electrons. The molecule has 0 atom stereocenters. The summed E-state index contributed by atoms with van der Waals surface area (Å²) < 4.78 is 0. The molecule has 0 rings (SSSR count). The molecule has 0 aromatic heterocycles. The van der Waals surface area contributed by atoms with Gasteiger partial charge in [-0.15, -0.1) is 0 Å². The molecule has 0 saturated carbocycles. The minimum absolute atomic E-state index is 0.0883. The number of hydrogen-bond donors (Lipinski definition) is 4. The Hall–Kier alpha value is -1.14. The quantitative estimate of drug-likeness (QED) is 0.432. The topological polar surface area (TPSA) is 127 Å². The molecule has 0 aliphatic heterocycles. The number of nitrogens with two attached hydrogens (primary N) is 2. The predicted octanol–water partition coefficient (Wildman–Crippen LogP) is 2.24. The van der Waals surface area contributed by atoms with E-state index in [4.69, 9.17) is 16.6 Å². The molecule has 2 amide bonds. The van der Waals surface area contributed by atoms with Crippen molar-refractivity contribution in [3.8, 4) is 0 Å². The number of primary amides is 2. The van der Waals surface area contributed by atoms with E-state index in [2.05, 4.69) is 0 Å². The fourth-order valence-corrected chi connectivity index (χ4v) is 2.49. The van der Waals surface area contributed by atoms with Crippen LogP contribution in [0.5, 0.6) is 0 Å². The monoisotopic (exact) mass is 346 g/mol. The third-order valence-electron chi connectivity index (χ3n) is 5.12. The summed E-state index contributed by atoms with van der Waals surface area (Å²) in [4.78, 5) is 20.9. The van der Waals surface area contributed by atoms with Crippen molar-refractivity contribution in [3.05, 3.63) is 0 Å². The lowest BCUT2D eigenvalue weighted by Crippen LogP contribution is -2.26. The lowest BCUT2D eigenvalue weighted by molar-refractivity contribution is -0.119. The average molecular weight is 347 g/mol. The highest BCUT2D eigenvalue weighted by molar-refractivity contribution is 5.73. The summed E-state index contributed by atoms with van der Waals surface area (Å²) in [7, 11) is 0. The lowest BCUT2D eigenvalue weighted by Gasteiger charge is -2.28. The second kappa shape index (κ2) is 13.2. The molecular formula is C18H38N2O4. The highest BCUT2D eigenvalue weighted by Gasteiger charge is 2.25. The van der Waals surface area contributed by atoms with Crippen molar-refractivity contribution in [2.45, 2.75) is 91.1 Å². The van der Waals surface area contributed by atoms with E-state index in [-0.39, 0.29) is 23.8 Å². The fourth-order valence-electron chi connectivity index (χ4n) is 2.49. The van der Waals surface area contributed by atoms with Gasteiger partial charge in [-0.05, 0) is 50.4 Å². The average Bonchev–Trinajstić information content (AvgIpc) is 2.56. The van der Waals surface area contributed by atoms with Crippen molar-refractivity contribution in [1.29, 1.82) is 0 Å². The van der Waals surface area contributed by atoms with Crippen molar-refractivity contribution in [1.82, 2.24) is 0 Å². The van der Waals surface area contributed by atoms with Crippen molar-refractivity contribution >= 4 is 11.8 Å². The van der Waals surface area contributed by atoms with Gasteiger partial charge < -0.3 is 21.7 Å². The normalized spacial score (nSPS) is 11.6. The van der Waals surface area contributed by atoms with Crippen LogP contribution in [0.25, 0.3) is 0 Å². The highest BCUT2D eigenvalue weighted by atomic mass is 16.3. The fraction of sp³-hybridized carbons (Fsp3) is 0.889. The van der Waals surface area contributed by atoms with Gasteiger partial charge in [-0.1, -0.05) is 27.7 Å². The Morgan fingerprint density at radius 2 is 1.29 bits per heavy atom. The molecule has 6 N–H and O–H groups in total. The van der Waals surface area contributed by atoms with Gasteiger partial charge in [0.05, 0.1) is 5.60 Å². The molecule has 0 saturated heterocycles. The van der Waals surface area contributed by atoms with Gasteiger partial charge in [-0.3, -0.25) is 9.59 Å². The molecule has 0 heterocycles. The second-order valence-corrected chi connectivity index (χ2v) is 6.58. The zero-order valence-electron chi connectivity index (χ0n) is 15.9. The van der Waals surface area contributed by atoms with Gasteiger partial charge in [-0.25, -0.2) is 0 Å². The summed E-state index contributed by atoms with van der Waals surface area (Å²) in [5.41, 5.74) is 9.35. The third kappa shape index (κ3) is 11.4. The van der Waals surface area contributed by atoms with Gasteiger partial charge >= 0.3 is 0 Å². The van der Waals surface area contributed by atoms with Crippen molar-refractivity contribution in [2.75, 3.05) is 6.61 Å². The van der Waals surface area contributed by atoms with E-state index in [0.29, 0.717) is 32.1 Å². The zero-order valence-corrected chi connectivity index (χ0v) is 15.9. The number of hydrogen-bond acceptors (Lipinski definition) is 4. The van der Waals surface area contributed by atoms with Crippen LogP contribution in [-0.2, 0) is 9.59 Å². The van der Waals surface area contributed by atoms with Gasteiger partial charge in [0.1, 0.15) is 0 Å². The number of rotatable bonds is 12. The Morgan fingerprint density at radius 1 is 0.833 bits per heavy atom. The standard InChI is InChI=1S/2C9H19NO2/c1-3-9(4-2,7-11)6-5-8(10)12;1-3-9(12,4-2)7-5-6-8(10)11/h11H,3-7H2,1-2H3,(H2,10,12);12H,3-7H2,1-2H3,(H2,10,11). The molecule has 0 unspecified atom stereocenters. The van der Waals surface area contributed by atoms with E-state index < -0.39 is 5.60 Å². The maximum atomic E-state index is 10.5. The Labute approximate surface area is 147 Å². The van der Waals surface area contributed by atoms with Crippen molar-refractivity contribution in [2.24, 2.45) is 16.9 Å². The molecular weight excluding hydrogens is 308 g/mol. The Bertz CT molecular complexity index is 343. The highest BCUT2D eigenvalue weighted by Crippen LogP contribution is 2.30. The number of aliphatic hydroxyl groups is 2. The lowest BCUT2D eigenvalue weighted by atomic mass is 9.79. The first kappa shape index (κ1) is 25.1. The first-order valence-electron chi connectivity index (χ1n) is 9.04. The molecule has 0 spiro atoms. The summed E-state index contributed by atoms with van der Waals surface area (Å²) in [6.45, 7) is 8.11. The Morgan fingerprint density at radius 3 is 1.58 bits per heavy atom. The van der Waals surface area contributed by atoms with Crippen LogP contribution in [0.2, 0.25) is 0 Å². The van der Waals surface area contributed by atoms with E-state index in [1.165, 1.54) is 0 Å². The molecule has 0 aromatic carbocycles. The second-order valence-electron chi connectivity index (χ2n) is 6.58. The van der Waals surface area contributed by atoms with Crippen LogP contribution in [0, 0.1) is 5.41 Å². The van der Waals surface area contributed by atoms with E-state index in [9.17, 15) is 14.7 Å². The van der Waals surface area contributed by atoms with Crippen LogP contribution in [0.1, 0.15) is 85.5 Å². The first-order valence-corrected chi connectivity index (χ1v) is 9.04. The molecule has 0 aliphatic carbocycles. The molecule has 0 radical (unpaired) electrons. The van der Waals surface area contributed by atoms with Gasteiger partial charge in [-0.2, -0.15) is 0 Å². The summed E-state index contributed by atoms with van der Waals surface area (Å²) in [6.07, 6.45) is 6.08. The molecule has 24 heavy (non-hydrogen) atoms. The summed E-state index contributed by atoms with van der Waals surface area (Å²) in [5, 5.41) is 18.9. The van der Waals surface area contributed by atoms with E-state index >= 15 is 0 Å². The van der Waals surface area contributed by atoms with Crippen molar-refractivity contribution < 1.29 is 19.8 Å². The summed E-state index contributed by atoms with van der Waals surface area (Å²) >= 11 is 0. The van der Waals surface area contributed by atoms with Crippen molar-refractivity contribution in [3.63, 3.8) is 0 Å². The first-order chi connectivity index (χ1) is 11.1. The van der Waals surface area contributed by atoms with Crippen LogP contribution >= 0.6 is 0 Å². The van der Waals surface area contributed by atoms with Crippen LogP contribution < -0.4 is 11.5 Å². The molecule has 0 aliphatic rings. The predicted molar refractivity (Wildman–Crippen MR) is 97.1 cm³/mol. The van der Waals surface area contributed by atoms with Crippen LogP contribution in [0.15, 0.2) is 0 Å². The largest absolute Gasteiger partial charge is 0.396 e. The maximum Gasteiger partial charge on any atom is 0.217 e. The Kier molecular flexibility index (Phi) is 13.8.